The summed E-state index contributed by atoms with van der Waals surface area (Å²) in [7, 11) is 1.58. The van der Waals surface area contributed by atoms with Crippen LogP contribution in [0.2, 0.25) is 0 Å². The maximum Gasteiger partial charge on any atom is 0.186 e. The number of nitrogens with one attached hydrogen (secondary N) is 2. The first kappa shape index (κ1) is 20.4. The molecule has 2 N–H and O–H groups in total. The lowest BCUT2D eigenvalue weighted by atomic mass is 10.2. The van der Waals surface area contributed by atoms with Gasteiger partial charge >= 0.3 is 0 Å². The molecule has 0 saturated heterocycles. The zero-order valence-corrected chi connectivity index (χ0v) is 17.4. The highest BCUT2D eigenvalue weighted by molar-refractivity contribution is 14.1. The summed E-state index contributed by atoms with van der Waals surface area (Å²) >= 11 is 7.22. The second-order valence-electron chi connectivity index (χ2n) is 5.18. The highest BCUT2D eigenvalue weighted by Gasteiger charge is 2.11. The quantitative estimate of drug-likeness (QED) is 0.269. The molecule has 2 rings (SSSR count). The molecule has 8 heteroatoms. The van der Waals surface area contributed by atoms with Crippen molar-refractivity contribution in [1.82, 2.24) is 10.7 Å². The van der Waals surface area contributed by atoms with E-state index in [1.807, 2.05) is 19.1 Å². The molecule has 0 aliphatic carbocycles. The molecule has 0 spiro atoms. The summed E-state index contributed by atoms with van der Waals surface area (Å²) in [6, 6.07) is 9.94. The van der Waals surface area contributed by atoms with E-state index < -0.39 is 0 Å². The van der Waals surface area contributed by atoms with Gasteiger partial charge in [-0.3, -0.25) is 5.43 Å². The van der Waals surface area contributed by atoms with E-state index in [1.165, 1.54) is 12.1 Å². The van der Waals surface area contributed by atoms with Crippen LogP contribution >= 0.6 is 34.8 Å². The average molecular weight is 487 g/mol. The second kappa shape index (κ2) is 10.3. The Morgan fingerprint density at radius 3 is 2.69 bits per heavy atom. The first-order valence-electron chi connectivity index (χ1n) is 7.85. The molecule has 5 nitrogen and oxygen atoms in total. The van der Waals surface area contributed by atoms with Crippen LogP contribution in [0.25, 0.3) is 0 Å². The van der Waals surface area contributed by atoms with E-state index in [0.29, 0.717) is 23.2 Å². The van der Waals surface area contributed by atoms with Crippen molar-refractivity contribution in [2.24, 2.45) is 5.10 Å². The van der Waals surface area contributed by atoms with Gasteiger partial charge in [0.25, 0.3) is 0 Å². The highest BCUT2D eigenvalue weighted by Crippen LogP contribution is 2.34. The number of ether oxygens (including phenoxy) is 2. The van der Waals surface area contributed by atoms with E-state index in [2.05, 4.69) is 38.4 Å². The number of halogens is 2. The third-order valence-electron chi connectivity index (χ3n) is 3.27. The van der Waals surface area contributed by atoms with Crippen LogP contribution in [0.3, 0.4) is 0 Å². The molecule has 0 fully saturated rings. The lowest BCUT2D eigenvalue weighted by Gasteiger charge is -2.13. The van der Waals surface area contributed by atoms with Crippen molar-refractivity contribution in [3.05, 3.63) is 56.9 Å². The third-order valence-corrected chi connectivity index (χ3v) is 4.30. The van der Waals surface area contributed by atoms with Crippen LogP contribution in [0.4, 0.5) is 4.39 Å². The van der Waals surface area contributed by atoms with Crippen molar-refractivity contribution in [3.63, 3.8) is 0 Å². The summed E-state index contributed by atoms with van der Waals surface area (Å²) in [5.41, 5.74) is 4.45. The Balaban J connectivity index is 2.09. The fourth-order valence-electron chi connectivity index (χ4n) is 2.06. The number of hydrazone groups is 1. The molecular weight excluding hydrogens is 468 g/mol. The van der Waals surface area contributed by atoms with Crippen LogP contribution in [-0.4, -0.2) is 25.0 Å². The molecular formula is C18H19FIN3O2S. The smallest absolute Gasteiger partial charge is 0.186 e. The summed E-state index contributed by atoms with van der Waals surface area (Å²) in [5, 5.41) is 7.50. The molecule has 0 bridgehead atoms. The minimum atomic E-state index is -0.272. The van der Waals surface area contributed by atoms with Gasteiger partial charge in [0, 0.05) is 6.54 Å². The predicted octanol–water partition coefficient (Wildman–Crippen LogP) is 3.84. The van der Waals surface area contributed by atoms with E-state index >= 15 is 0 Å². The second-order valence-corrected chi connectivity index (χ2v) is 6.75. The number of hydrogen-bond donors (Lipinski definition) is 2. The van der Waals surface area contributed by atoms with E-state index in [0.717, 1.165) is 21.2 Å². The Labute approximate surface area is 171 Å². The van der Waals surface area contributed by atoms with Gasteiger partial charge in [-0.25, -0.2) is 4.39 Å². The van der Waals surface area contributed by atoms with Crippen molar-refractivity contribution >= 4 is 46.1 Å². The average Bonchev–Trinajstić information content (AvgIpc) is 2.62. The van der Waals surface area contributed by atoms with E-state index in [-0.39, 0.29) is 5.82 Å². The standard InChI is InChI=1S/C18H19FIN3O2S/c1-3-21-18(26)23-22-10-13-8-15(20)17(16(9-13)24-2)25-11-12-4-6-14(19)7-5-12/h4-10H,3,11H2,1-2H3,(H2,21,23,26)/b22-10-. The number of rotatable bonds is 7. The monoisotopic (exact) mass is 487 g/mol. The summed E-state index contributed by atoms with van der Waals surface area (Å²) in [6.07, 6.45) is 1.65. The van der Waals surface area contributed by atoms with Gasteiger partial charge in [-0.2, -0.15) is 5.10 Å². The van der Waals surface area contributed by atoms with Crippen molar-refractivity contribution in [3.8, 4) is 11.5 Å². The van der Waals surface area contributed by atoms with Crippen LogP contribution in [0.15, 0.2) is 41.5 Å². The first-order chi connectivity index (χ1) is 12.5. The summed E-state index contributed by atoms with van der Waals surface area (Å²) < 4.78 is 25.2. The van der Waals surface area contributed by atoms with Crippen LogP contribution in [0.5, 0.6) is 11.5 Å². The normalized spacial score (nSPS) is 10.6. The predicted molar refractivity (Wildman–Crippen MR) is 113 cm³/mol. The van der Waals surface area contributed by atoms with E-state index in [9.17, 15) is 4.39 Å². The summed E-state index contributed by atoms with van der Waals surface area (Å²) in [4.78, 5) is 0. The van der Waals surface area contributed by atoms with E-state index in [1.54, 1.807) is 25.5 Å². The fraction of sp³-hybridized carbons (Fsp3) is 0.222. The molecule has 0 radical (unpaired) electrons. The Bertz CT molecular complexity index is 785. The molecule has 0 aliphatic rings. The van der Waals surface area contributed by atoms with Crippen LogP contribution in [-0.2, 0) is 6.61 Å². The van der Waals surface area contributed by atoms with Crippen molar-refractivity contribution in [2.75, 3.05) is 13.7 Å². The molecule has 0 aliphatic heterocycles. The van der Waals surface area contributed by atoms with Crippen LogP contribution in [0.1, 0.15) is 18.1 Å². The fourth-order valence-corrected chi connectivity index (χ4v) is 3.03. The van der Waals surface area contributed by atoms with Gasteiger partial charge in [0.1, 0.15) is 12.4 Å². The lowest BCUT2D eigenvalue weighted by Crippen LogP contribution is -2.31. The first-order valence-corrected chi connectivity index (χ1v) is 9.34. The van der Waals surface area contributed by atoms with Crippen molar-refractivity contribution in [1.29, 1.82) is 0 Å². The lowest BCUT2D eigenvalue weighted by molar-refractivity contribution is 0.282. The largest absolute Gasteiger partial charge is 0.493 e. The van der Waals surface area contributed by atoms with Gasteiger partial charge in [-0.05, 0) is 77.1 Å². The zero-order chi connectivity index (χ0) is 18.9. The third kappa shape index (κ3) is 6.10. The maximum absolute atomic E-state index is 13.0. The molecule has 2 aromatic carbocycles. The Morgan fingerprint density at radius 1 is 1.31 bits per heavy atom. The molecule has 0 heterocycles. The molecule has 26 heavy (non-hydrogen) atoms. The van der Waals surface area contributed by atoms with Crippen molar-refractivity contribution < 1.29 is 13.9 Å². The van der Waals surface area contributed by atoms with Crippen molar-refractivity contribution in [2.45, 2.75) is 13.5 Å². The van der Waals surface area contributed by atoms with Gasteiger partial charge in [0.05, 0.1) is 16.9 Å². The molecule has 2 aromatic rings. The number of nitrogens with zero attached hydrogens (tertiary/aromatic N) is 1. The molecule has 138 valence electrons. The molecule has 0 atom stereocenters. The summed E-state index contributed by atoms with van der Waals surface area (Å²) in [5.74, 6) is 0.951. The van der Waals surface area contributed by atoms with Crippen LogP contribution < -0.4 is 20.2 Å². The Morgan fingerprint density at radius 2 is 2.04 bits per heavy atom. The number of benzene rings is 2. The highest BCUT2D eigenvalue weighted by atomic mass is 127. The SMILES string of the molecule is CCNC(=S)N/N=C\c1cc(I)c(OCc2ccc(F)cc2)c(OC)c1. The topological polar surface area (TPSA) is 54.9 Å². The molecule has 0 aromatic heterocycles. The molecule has 0 amide bonds. The molecule has 0 saturated carbocycles. The Hall–Kier alpha value is -1.94. The number of methoxy groups -OCH3 is 1. The van der Waals surface area contributed by atoms with Gasteiger partial charge in [-0.1, -0.05) is 12.1 Å². The minimum absolute atomic E-state index is 0.272. The van der Waals surface area contributed by atoms with Gasteiger partial charge < -0.3 is 14.8 Å². The maximum atomic E-state index is 13.0. The zero-order valence-electron chi connectivity index (χ0n) is 14.4. The molecule has 0 unspecified atom stereocenters. The van der Waals surface area contributed by atoms with Crippen LogP contribution in [0, 0.1) is 9.39 Å². The van der Waals surface area contributed by atoms with Gasteiger partial charge in [0.2, 0.25) is 0 Å². The summed E-state index contributed by atoms with van der Waals surface area (Å²) in [6.45, 7) is 3.00. The number of thiocarbonyl (C=S) groups is 1. The Kier molecular flexibility index (Phi) is 8.05. The number of hydrogen-bond acceptors (Lipinski definition) is 4. The van der Waals surface area contributed by atoms with Gasteiger partial charge in [0.15, 0.2) is 16.6 Å². The van der Waals surface area contributed by atoms with E-state index in [4.69, 9.17) is 21.7 Å². The van der Waals surface area contributed by atoms with Gasteiger partial charge in [-0.15, -0.1) is 0 Å². The minimum Gasteiger partial charge on any atom is -0.493 e.